The zero-order chi connectivity index (χ0) is 16.3. The second-order valence-corrected chi connectivity index (χ2v) is 4.64. The fraction of sp³-hybridized carbons (Fsp3) is 0.333. The van der Waals surface area contributed by atoms with E-state index in [2.05, 4.69) is 5.32 Å². The number of nitro benzene ring substituents is 1. The van der Waals surface area contributed by atoms with E-state index in [4.69, 9.17) is 5.73 Å². The molecule has 0 radical (unpaired) electrons. The predicted octanol–water partition coefficient (Wildman–Crippen LogP) is 1.11. The van der Waals surface area contributed by atoms with Gasteiger partial charge in [0.2, 0.25) is 11.7 Å². The molecule has 0 fully saturated rings. The lowest BCUT2D eigenvalue weighted by atomic mass is 10.0. The van der Waals surface area contributed by atoms with E-state index in [1.54, 1.807) is 13.8 Å². The number of rotatable bonds is 5. The minimum absolute atomic E-state index is 0.304. The van der Waals surface area contributed by atoms with Crippen molar-refractivity contribution in [3.05, 3.63) is 39.4 Å². The molecule has 0 saturated heterocycles. The highest BCUT2D eigenvalue weighted by molar-refractivity contribution is 5.97. The van der Waals surface area contributed by atoms with Gasteiger partial charge in [-0.25, -0.2) is 4.39 Å². The summed E-state index contributed by atoms with van der Waals surface area (Å²) in [5.41, 5.74) is 3.26. The van der Waals surface area contributed by atoms with Gasteiger partial charge in [0.25, 0.3) is 5.91 Å². The van der Waals surface area contributed by atoms with Crippen molar-refractivity contribution >= 4 is 17.5 Å². The molecular weight excluding hydrogens is 288 g/mol. The van der Waals surface area contributed by atoms with Crippen molar-refractivity contribution in [1.29, 1.82) is 0 Å². The van der Waals surface area contributed by atoms with Crippen LogP contribution >= 0.6 is 0 Å². The number of benzene rings is 1. The van der Waals surface area contributed by atoms with Gasteiger partial charge >= 0.3 is 5.69 Å². The van der Waals surface area contributed by atoms with E-state index in [9.17, 15) is 28.5 Å². The molecule has 0 bridgehead atoms. The van der Waals surface area contributed by atoms with Crippen LogP contribution in [-0.4, -0.2) is 22.8 Å². The number of hydrogen-bond acceptors (Lipinski definition) is 4. The average molecular weight is 301 g/mol. The lowest BCUT2D eigenvalue weighted by molar-refractivity contribution is -0.387. The second-order valence-electron chi connectivity index (χ2n) is 4.64. The Balaban J connectivity index is 3.11. The molecule has 0 spiro atoms. The Kier molecular flexibility index (Phi) is 4.90. The molecule has 0 heterocycles. The molecule has 1 rings (SSSR count). The Morgan fingerprint density at radius 2 is 1.86 bits per heavy atom. The molecule has 2 amide bonds. The zero-order valence-corrected chi connectivity index (χ0v) is 11.2. The van der Waals surface area contributed by atoms with E-state index in [1.807, 2.05) is 0 Å². The molecule has 0 aliphatic carbocycles. The predicted molar refractivity (Wildman–Crippen MR) is 68.3 cm³/mol. The third kappa shape index (κ3) is 3.71. The highest BCUT2D eigenvalue weighted by atomic mass is 19.1. The fourth-order valence-electron chi connectivity index (χ4n) is 1.64. The number of hydrogen-bond donors (Lipinski definition) is 2. The summed E-state index contributed by atoms with van der Waals surface area (Å²) >= 11 is 0. The summed E-state index contributed by atoms with van der Waals surface area (Å²) in [7, 11) is 0. The molecule has 0 aromatic heterocycles. The van der Waals surface area contributed by atoms with Crippen molar-refractivity contribution in [3.63, 3.8) is 0 Å². The van der Waals surface area contributed by atoms with Crippen LogP contribution in [0.15, 0.2) is 12.1 Å². The van der Waals surface area contributed by atoms with Crippen molar-refractivity contribution in [2.75, 3.05) is 0 Å². The van der Waals surface area contributed by atoms with Gasteiger partial charge in [-0.15, -0.1) is 0 Å². The number of carbonyl (C=O) groups is 2. The number of amides is 2. The van der Waals surface area contributed by atoms with E-state index in [0.717, 1.165) is 0 Å². The smallest absolute Gasteiger partial charge is 0.307 e. The standard InChI is InChI=1S/C12H13F2N3O4/c1-5(2)10(11(15)18)16-12(19)6-3-8(14)9(17(20)21)4-7(6)13/h3-5,10H,1-2H3,(H2,15,18)(H,16,19). The van der Waals surface area contributed by atoms with Gasteiger partial charge in [0.05, 0.1) is 16.6 Å². The fourth-order valence-corrected chi connectivity index (χ4v) is 1.64. The van der Waals surface area contributed by atoms with E-state index in [0.29, 0.717) is 12.1 Å². The first-order valence-electron chi connectivity index (χ1n) is 5.88. The Bertz CT molecular complexity index is 604. The Hall–Kier alpha value is -2.58. The normalized spacial score (nSPS) is 12.0. The zero-order valence-electron chi connectivity index (χ0n) is 11.2. The number of nitrogens with one attached hydrogen (secondary N) is 1. The maximum absolute atomic E-state index is 13.6. The number of primary amides is 1. The lowest BCUT2D eigenvalue weighted by Gasteiger charge is -2.19. The number of nitrogens with two attached hydrogens (primary N) is 1. The Morgan fingerprint density at radius 1 is 1.29 bits per heavy atom. The van der Waals surface area contributed by atoms with Crippen LogP contribution in [0, 0.1) is 27.7 Å². The summed E-state index contributed by atoms with van der Waals surface area (Å²) in [5, 5.41) is 12.6. The van der Waals surface area contributed by atoms with Crippen LogP contribution in [0.5, 0.6) is 0 Å². The van der Waals surface area contributed by atoms with Crippen molar-refractivity contribution in [1.82, 2.24) is 5.32 Å². The minimum atomic E-state index is -1.35. The Morgan fingerprint density at radius 3 is 2.29 bits per heavy atom. The van der Waals surface area contributed by atoms with Crippen LogP contribution in [0.1, 0.15) is 24.2 Å². The first-order chi connectivity index (χ1) is 9.65. The average Bonchev–Trinajstić information content (AvgIpc) is 2.36. The second kappa shape index (κ2) is 6.25. The van der Waals surface area contributed by atoms with E-state index in [-0.39, 0.29) is 5.92 Å². The van der Waals surface area contributed by atoms with Gasteiger partial charge in [-0.2, -0.15) is 4.39 Å². The first-order valence-corrected chi connectivity index (χ1v) is 5.88. The van der Waals surface area contributed by atoms with Gasteiger partial charge in [0.15, 0.2) is 0 Å². The van der Waals surface area contributed by atoms with Crippen molar-refractivity contribution in [3.8, 4) is 0 Å². The molecule has 1 unspecified atom stereocenters. The SMILES string of the molecule is CC(C)C(NC(=O)c1cc(F)c([N+](=O)[O-])cc1F)C(N)=O. The number of nitrogens with zero attached hydrogens (tertiary/aromatic N) is 1. The highest BCUT2D eigenvalue weighted by Crippen LogP contribution is 2.21. The largest absolute Gasteiger partial charge is 0.368 e. The molecule has 21 heavy (non-hydrogen) atoms. The molecular formula is C12H13F2N3O4. The summed E-state index contributed by atoms with van der Waals surface area (Å²) in [4.78, 5) is 32.3. The van der Waals surface area contributed by atoms with Crippen molar-refractivity contribution in [2.45, 2.75) is 19.9 Å². The molecule has 3 N–H and O–H groups in total. The van der Waals surface area contributed by atoms with Crippen molar-refractivity contribution < 1.29 is 23.3 Å². The van der Waals surface area contributed by atoms with E-state index in [1.165, 1.54) is 0 Å². The molecule has 1 atom stereocenters. The third-order valence-corrected chi connectivity index (χ3v) is 2.74. The Labute approximate surface area is 118 Å². The minimum Gasteiger partial charge on any atom is -0.368 e. The molecule has 9 heteroatoms. The van der Waals surface area contributed by atoms with Gasteiger partial charge < -0.3 is 11.1 Å². The number of halogens is 2. The van der Waals surface area contributed by atoms with Crippen LogP contribution in [-0.2, 0) is 4.79 Å². The summed E-state index contributed by atoms with van der Waals surface area (Å²) in [6.45, 7) is 3.20. The van der Waals surface area contributed by atoms with Crippen LogP contribution in [0.25, 0.3) is 0 Å². The van der Waals surface area contributed by atoms with Crippen molar-refractivity contribution in [2.24, 2.45) is 11.7 Å². The van der Waals surface area contributed by atoms with Gasteiger partial charge in [-0.05, 0) is 12.0 Å². The summed E-state index contributed by atoms with van der Waals surface area (Å²) in [5.74, 6) is -4.91. The third-order valence-electron chi connectivity index (χ3n) is 2.74. The van der Waals surface area contributed by atoms with Gasteiger partial charge in [-0.3, -0.25) is 19.7 Å². The van der Waals surface area contributed by atoms with Crippen LogP contribution < -0.4 is 11.1 Å². The maximum atomic E-state index is 13.6. The molecule has 7 nitrogen and oxygen atoms in total. The van der Waals surface area contributed by atoms with Gasteiger partial charge in [0, 0.05) is 0 Å². The van der Waals surface area contributed by atoms with Gasteiger partial charge in [0.1, 0.15) is 11.9 Å². The monoisotopic (exact) mass is 301 g/mol. The molecule has 1 aromatic carbocycles. The number of carbonyl (C=O) groups excluding carboxylic acids is 2. The van der Waals surface area contributed by atoms with Crippen LogP contribution in [0.4, 0.5) is 14.5 Å². The highest BCUT2D eigenvalue weighted by Gasteiger charge is 2.26. The molecule has 0 aliphatic heterocycles. The first kappa shape index (κ1) is 16.5. The van der Waals surface area contributed by atoms with Crippen LogP contribution in [0.3, 0.4) is 0 Å². The van der Waals surface area contributed by atoms with Crippen LogP contribution in [0.2, 0.25) is 0 Å². The van der Waals surface area contributed by atoms with E-state index >= 15 is 0 Å². The summed E-state index contributed by atoms with van der Waals surface area (Å²) in [6.07, 6.45) is 0. The van der Waals surface area contributed by atoms with E-state index < -0.39 is 45.7 Å². The van der Waals surface area contributed by atoms with Gasteiger partial charge in [-0.1, -0.05) is 13.8 Å². The molecule has 0 aliphatic rings. The number of nitro groups is 1. The topological polar surface area (TPSA) is 115 Å². The quantitative estimate of drug-likeness (QED) is 0.626. The lowest BCUT2D eigenvalue weighted by Crippen LogP contribution is -2.47. The maximum Gasteiger partial charge on any atom is 0.307 e. The molecule has 114 valence electrons. The molecule has 1 aromatic rings. The summed E-state index contributed by atoms with van der Waals surface area (Å²) in [6, 6.07) is -0.366. The molecule has 0 saturated carbocycles. The summed E-state index contributed by atoms with van der Waals surface area (Å²) < 4.78 is 27.1.